The Kier molecular flexibility index (Phi) is 13.1. The zero-order valence-corrected chi connectivity index (χ0v) is 30.0. The van der Waals surface area contributed by atoms with Gasteiger partial charge in [0, 0.05) is 49.7 Å². The molecular weight excluding hydrogens is 632 g/mol. The smallest absolute Gasteiger partial charge is 0.323 e. The molecule has 4 atom stereocenters. The van der Waals surface area contributed by atoms with E-state index in [1.165, 1.54) is 6.42 Å². The van der Waals surface area contributed by atoms with E-state index in [4.69, 9.17) is 9.47 Å². The Balaban J connectivity index is 1.38. The number of benzene rings is 3. The Labute approximate surface area is 296 Å². The molecule has 1 aliphatic carbocycles. The number of urea groups is 1. The first kappa shape index (κ1) is 37.1. The fourth-order valence-electron chi connectivity index (χ4n) is 7.10. The number of fused-ring (bicyclic) bond motifs is 2. The van der Waals surface area contributed by atoms with Gasteiger partial charge in [-0.2, -0.15) is 0 Å². The molecule has 0 bridgehead atoms. The molecule has 1 saturated carbocycles. The normalized spacial score (nSPS) is 21.7. The molecule has 10 heteroatoms. The van der Waals surface area contributed by atoms with Gasteiger partial charge in [-0.15, -0.1) is 0 Å². The lowest BCUT2D eigenvalue weighted by Crippen LogP contribution is -2.48. The molecule has 10 nitrogen and oxygen atoms in total. The number of likely N-dealkylation sites (N-methyl/N-ethyl adjacent to an activating group) is 1. The molecule has 0 spiro atoms. The average Bonchev–Trinajstić information content (AvgIpc) is 3.12. The van der Waals surface area contributed by atoms with Gasteiger partial charge < -0.3 is 35.0 Å². The first-order valence-electron chi connectivity index (χ1n) is 18.3. The fourth-order valence-corrected chi connectivity index (χ4v) is 7.10. The zero-order valence-electron chi connectivity index (χ0n) is 30.0. The van der Waals surface area contributed by atoms with Crippen LogP contribution in [0.1, 0.15) is 82.5 Å². The van der Waals surface area contributed by atoms with Gasteiger partial charge in [-0.05, 0) is 75.6 Å². The van der Waals surface area contributed by atoms with Crippen LogP contribution in [0.3, 0.4) is 0 Å². The largest absolute Gasteiger partial charge is 0.490 e. The van der Waals surface area contributed by atoms with Crippen molar-refractivity contribution in [1.29, 1.82) is 0 Å². The van der Waals surface area contributed by atoms with Crippen molar-refractivity contribution in [1.82, 2.24) is 9.80 Å². The zero-order chi connectivity index (χ0) is 35.6. The summed E-state index contributed by atoms with van der Waals surface area (Å²) in [5.41, 5.74) is 1.40. The molecule has 2 aliphatic rings. The molecule has 270 valence electrons. The van der Waals surface area contributed by atoms with E-state index in [-0.39, 0.29) is 42.5 Å². The quantitative estimate of drug-likeness (QED) is 0.240. The molecule has 50 heavy (non-hydrogen) atoms. The van der Waals surface area contributed by atoms with Crippen LogP contribution in [0, 0.1) is 11.8 Å². The highest BCUT2D eigenvalue weighted by molar-refractivity contribution is 6.07. The van der Waals surface area contributed by atoms with Gasteiger partial charge in [0.25, 0.3) is 5.91 Å². The highest BCUT2D eigenvalue weighted by Gasteiger charge is 2.32. The molecule has 3 N–H and O–H groups in total. The summed E-state index contributed by atoms with van der Waals surface area (Å²) in [6.07, 6.45) is 7.25. The van der Waals surface area contributed by atoms with Crippen molar-refractivity contribution < 1.29 is 29.0 Å². The first-order chi connectivity index (χ1) is 24.1. The van der Waals surface area contributed by atoms with Crippen LogP contribution in [0.15, 0.2) is 60.7 Å². The van der Waals surface area contributed by atoms with E-state index in [9.17, 15) is 19.5 Å². The van der Waals surface area contributed by atoms with E-state index in [0.717, 1.165) is 55.7 Å². The Bertz CT molecular complexity index is 1600. The predicted octanol–water partition coefficient (Wildman–Crippen LogP) is 7.32. The maximum Gasteiger partial charge on any atom is 0.323 e. The second-order valence-corrected chi connectivity index (χ2v) is 14.2. The standard InChI is InChI=1S/C40H54N4O6/c1-27-24-44(28(2)26-45)39(47)34-23-32(41-40(48)42-35-19-12-17-30-14-8-9-18-33(30)35)20-21-36(34)50-29(3)13-10-11-22-49-37(27)25-43(4)38(46)31-15-6-5-7-16-31/h8-9,12,14,17-21,23,27-29,31,37,45H,5-7,10-11,13,15-16,22,24-26H2,1-4H3,(H2,41,42,48)/t27-,28+,29+,37+/m1/s1. The molecule has 1 heterocycles. The van der Waals surface area contributed by atoms with Crippen molar-refractivity contribution >= 4 is 40.0 Å². The number of rotatable bonds is 7. The molecule has 0 radical (unpaired) electrons. The lowest BCUT2D eigenvalue weighted by atomic mass is 9.88. The first-order valence-corrected chi connectivity index (χ1v) is 18.3. The highest BCUT2D eigenvalue weighted by atomic mass is 16.5. The van der Waals surface area contributed by atoms with E-state index in [2.05, 4.69) is 10.6 Å². The van der Waals surface area contributed by atoms with Crippen molar-refractivity contribution in [2.75, 3.05) is 44.0 Å². The summed E-state index contributed by atoms with van der Waals surface area (Å²) in [5.74, 6) is 0.189. The molecule has 3 aromatic rings. The second kappa shape index (κ2) is 17.7. The summed E-state index contributed by atoms with van der Waals surface area (Å²) in [5, 5.41) is 18.1. The summed E-state index contributed by atoms with van der Waals surface area (Å²) in [6, 6.07) is 17.7. The Morgan fingerprint density at radius 2 is 1.70 bits per heavy atom. The van der Waals surface area contributed by atoms with Crippen molar-refractivity contribution in [3.63, 3.8) is 0 Å². The van der Waals surface area contributed by atoms with Crippen LogP contribution in [0.4, 0.5) is 16.2 Å². The van der Waals surface area contributed by atoms with Crippen LogP contribution in [0.25, 0.3) is 10.8 Å². The summed E-state index contributed by atoms with van der Waals surface area (Å²) in [6.45, 7) is 6.87. The van der Waals surface area contributed by atoms with Crippen molar-refractivity contribution in [3.8, 4) is 5.75 Å². The van der Waals surface area contributed by atoms with Crippen LogP contribution < -0.4 is 15.4 Å². The van der Waals surface area contributed by atoms with Crippen molar-refractivity contribution in [3.05, 3.63) is 66.2 Å². The minimum absolute atomic E-state index is 0.0602. The minimum atomic E-state index is -0.503. The van der Waals surface area contributed by atoms with E-state index in [0.29, 0.717) is 42.4 Å². The number of hydrogen-bond donors (Lipinski definition) is 3. The van der Waals surface area contributed by atoms with Crippen LogP contribution in [0.2, 0.25) is 0 Å². The number of carbonyl (C=O) groups is 3. The van der Waals surface area contributed by atoms with E-state index in [1.54, 1.807) is 23.1 Å². The molecule has 3 aromatic carbocycles. The third kappa shape index (κ3) is 9.54. The van der Waals surface area contributed by atoms with E-state index < -0.39 is 12.1 Å². The van der Waals surface area contributed by atoms with Crippen molar-refractivity contribution in [2.45, 2.75) is 90.4 Å². The lowest BCUT2D eigenvalue weighted by Gasteiger charge is -2.36. The third-order valence-electron chi connectivity index (χ3n) is 10.1. The Hall–Kier alpha value is -4.15. The number of amides is 4. The molecular formula is C40H54N4O6. The van der Waals surface area contributed by atoms with E-state index >= 15 is 0 Å². The summed E-state index contributed by atoms with van der Waals surface area (Å²) in [7, 11) is 1.86. The highest BCUT2D eigenvalue weighted by Crippen LogP contribution is 2.30. The van der Waals surface area contributed by atoms with Gasteiger partial charge in [0.15, 0.2) is 0 Å². The molecule has 0 unspecified atom stereocenters. The number of ether oxygens (including phenoxy) is 2. The second-order valence-electron chi connectivity index (χ2n) is 14.2. The van der Waals surface area contributed by atoms with Gasteiger partial charge in [-0.25, -0.2) is 4.79 Å². The van der Waals surface area contributed by atoms with Gasteiger partial charge in [0.1, 0.15) is 5.75 Å². The van der Waals surface area contributed by atoms with Crippen LogP contribution in [-0.4, -0.2) is 84.4 Å². The molecule has 0 saturated heterocycles. The van der Waals surface area contributed by atoms with Gasteiger partial charge >= 0.3 is 6.03 Å². The maximum atomic E-state index is 14.5. The Morgan fingerprint density at radius 3 is 2.48 bits per heavy atom. The van der Waals surface area contributed by atoms with Gasteiger partial charge in [-0.1, -0.05) is 62.6 Å². The molecule has 4 amide bonds. The van der Waals surface area contributed by atoms with E-state index in [1.807, 2.05) is 75.2 Å². The number of aliphatic hydroxyl groups is 1. The fraction of sp³-hybridized carbons (Fsp3) is 0.525. The van der Waals surface area contributed by atoms with Gasteiger partial charge in [0.2, 0.25) is 5.91 Å². The molecule has 1 fully saturated rings. The summed E-state index contributed by atoms with van der Waals surface area (Å²) < 4.78 is 12.8. The number of nitrogens with one attached hydrogen (secondary N) is 2. The monoisotopic (exact) mass is 686 g/mol. The summed E-state index contributed by atoms with van der Waals surface area (Å²) >= 11 is 0. The van der Waals surface area contributed by atoms with Gasteiger partial charge in [-0.3, -0.25) is 9.59 Å². The Morgan fingerprint density at radius 1 is 0.960 bits per heavy atom. The number of hydrogen-bond acceptors (Lipinski definition) is 6. The third-order valence-corrected chi connectivity index (χ3v) is 10.1. The minimum Gasteiger partial charge on any atom is -0.490 e. The maximum absolute atomic E-state index is 14.5. The number of anilines is 2. The average molecular weight is 687 g/mol. The molecule has 5 rings (SSSR count). The molecule has 0 aromatic heterocycles. The lowest BCUT2D eigenvalue weighted by molar-refractivity contribution is -0.137. The van der Waals surface area contributed by atoms with Crippen molar-refractivity contribution in [2.24, 2.45) is 11.8 Å². The van der Waals surface area contributed by atoms with Crippen LogP contribution in [0.5, 0.6) is 5.75 Å². The SMILES string of the molecule is C[C@@H]1CN([C@@H](C)CO)C(=O)c2cc(NC(=O)Nc3cccc4ccccc34)ccc2O[C@@H](C)CCCCO[C@H]1CN(C)C(=O)C1CCCCC1. The number of aliphatic hydroxyl groups excluding tert-OH is 1. The molecule has 1 aliphatic heterocycles. The number of nitrogens with zero attached hydrogens (tertiary/aromatic N) is 2. The van der Waals surface area contributed by atoms with Gasteiger partial charge in [0.05, 0.1) is 36.1 Å². The topological polar surface area (TPSA) is 120 Å². The van der Waals surface area contributed by atoms with Crippen LogP contribution in [-0.2, 0) is 9.53 Å². The predicted molar refractivity (Wildman–Crippen MR) is 198 cm³/mol. The van der Waals surface area contributed by atoms with Crippen LogP contribution >= 0.6 is 0 Å². The summed E-state index contributed by atoms with van der Waals surface area (Å²) in [4.78, 5) is 44.5. The number of carbonyl (C=O) groups excluding carboxylic acids is 3.